The van der Waals surface area contributed by atoms with Crippen molar-refractivity contribution in [2.45, 2.75) is 37.5 Å². The van der Waals surface area contributed by atoms with E-state index in [1.54, 1.807) is 6.92 Å². The average molecular weight is 329 g/mol. The van der Waals surface area contributed by atoms with Crippen LogP contribution in [0.5, 0.6) is 0 Å². The lowest BCUT2D eigenvalue weighted by molar-refractivity contribution is -0.148. The van der Waals surface area contributed by atoms with Gasteiger partial charge in [0, 0.05) is 52.2 Å². The summed E-state index contributed by atoms with van der Waals surface area (Å²) in [6.07, 6.45) is 1.63. The van der Waals surface area contributed by atoms with Crippen LogP contribution in [-0.2, 0) is 11.2 Å². The van der Waals surface area contributed by atoms with Crippen LogP contribution in [0.25, 0.3) is 0 Å². The summed E-state index contributed by atoms with van der Waals surface area (Å²) in [7, 11) is 0. The number of amides is 1. The van der Waals surface area contributed by atoms with Crippen LogP contribution in [0, 0.1) is 0 Å². The number of rotatable bonds is 3. The van der Waals surface area contributed by atoms with Crippen molar-refractivity contribution in [3.63, 3.8) is 0 Å². The number of carbonyl (C=O) groups is 1. The summed E-state index contributed by atoms with van der Waals surface area (Å²) in [5.41, 5.74) is 1.44. The Kier molecular flexibility index (Phi) is 4.11. The third-order valence-corrected chi connectivity index (χ3v) is 5.96. The van der Waals surface area contributed by atoms with Gasteiger partial charge in [0.15, 0.2) is 0 Å². The Hall–Kier alpha value is -1.43. The van der Waals surface area contributed by atoms with E-state index in [1.165, 1.54) is 5.56 Å². The molecule has 0 bridgehead atoms. The quantitative estimate of drug-likeness (QED) is 0.881. The van der Waals surface area contributed by atoms with Crippen molar-refractivity contribution >= 4 is 5.91 Å². The summed E-state index contributed by atoms with van der Waals surface area (Å²) in [6, 6.07) is 10.9. The number of β-amino-alcohol motifs (C(OH)–C–C–N with tert-alkyl or cyclic N) is 1. The molecule has 3 aliphatic rings. The third-order valence-electron chi connectivity index (χ3n) is 5.96. The topological polar surface area (TPSA) is 47.0 Å². The van der Waals surface area contributed by atoms with Crippen LogP contribution in [0.2, 0.25) is 0 Å². The van der Waals surface area contributed by atoms with Gasteiger partial charge >= 0.3 is 0 Å². The fourth-order valence-electron chi connectivity index (χ4n) is 4.81. The van der Waals surface area contributed by atoms with Gasteiger partial charge in [-0.2, -0.15) is 0 Å². The molecule has 4 rings (SSSR count). The van der Waals surface area contributed by atoms with Crippen LogP contribution in [0.3, 0.4) is 0 Å². The SMILES string of the molecule is CC(=O)N1C[C@@H]2C[C@@H](O)CN2C2(CN(CCc3ccccc3)C2)C1. The third kappa shape index (κ3) is 2.85. The van der Waals surface area contributed by atoms with Gasteiger partial charge in [0.2, 0.25) is 5.91 Å². The number of carbonyl (C=O) groups excluding carboxylic acids is 1. The summed E-state index contributed by atoms with van der Waals surface area (Å²) < 4.78 is 0. The highest BCUT2D eigenvalue weighted by Gasteiger charge is 2.56. The number of hydrogen-bond donors (Lipinski definition) is 1. The van der Waals surface area contributed by atoms with Gasteiger partial charge in [0.25, 0.3) is 0 Å². The second-order valence-corrected chi connectivity index (χ2v) is 7.77. The fourth-order valence-corrected chi connectivity index (χ4v) is 4.81. The molecule has 0 aliphatic carbocycles. The number of aliphatic hydroxyl groups is 1. The van der Waals surface area contributed by atoms with Gasteiger partial charge in [-0.25, -0.2) is 0 Å². The van der Waals surface area contributed by atoms with E-state index in [0.717, 1.165) is 52.1 Å². The van der Waals surface area contributed by atoms with Crippen LogP contribution in [-0.4, -0.2) is 82.7 Å². The summed E-state index contributed by atoms with van der Waals surface area (Å²) in [4.78, 5) is 18.9. The van der Waals surface area contributed by atoms with Crippen LogP contribution in [0.4, 0.5) is 0 Å². The maximum absolute atomic E-state index is 11.9. The molecule has 0 saturated carbocycles. The molecule has 3 fully saturated rings. The van der Waals surface area contributed by atoms with Crippen LogP contribution in [0.15, 0.2) is 30.3 Å². The Morgan fingerprint density at radius 2 is 1.96 bits per heavy atom. The Balaban J connectivity index is 1.40. The molecule has 5 nitrogen and oxygen atoms in total. The van der Waals surface area contributed by atoms with Crippen molar-refractivity contribution in [3.8, 4) is 0 Å². The van der Waals surface area contributed by atoms with E-state index in [2.05, 4.69) is 40.1 Å². The van der Waals surface area contributed by atoms with Gasteiger partial charge in [0.05, 0.1) is 11.6 Å². The van der Waals surface area contributed by atoms with Crippen molar-refractivity contribution in [1.29, 1.82) is 0 Å². The van der Waals surface area contributed by atoms with Gasteiger partial charge in [-0.1, -0.05) is 30.3 Å². The molecule has 1 aromatic carbocycles. The first kappa shape index (κ1) is 16.1. The van der Waals surface area contributed by atoms with E-state index in [9.17, 15) is 9.90 Å². The van der Waals surface area contributed by atoms with E-state index in [0.29, 0.717) is 6.04 Å². The number of hydrogen-bond acceptors (Lipinski definition) is 4. The van der Waals surface area contributed by atoms with Gasteiger partial charge in [0.1, 0.15) is 0 Å². The minimum atomic E-state index is -0.239. The molecule has 3 aliphatic heterocycles. The Morgan fingerprint density at radius 1 is 1.21 bits per heavy atom. The molecule has 1 aromatic rings. The first-order valence-electron chi connectivity index (χ1n) is 9.02. The molecule has 3 heterocycles. The van der Waals surface area contributed by atoms with E-state index in [-0.39, 0.29) is 17.6 Å². The summed E-state index contributed by atoms with van der Waals surface area (Å²) >= 11 is 0. The molecule has 0 aromatic heterocycles. The van der Waals surface area contributed by atoms with E-state index in [4.69, 9.17) is 0 Å². The molecular formula is C19H27N3O2. The lowest BCUT2D eigenvalue weighted by atomic mass is 9.83. The minimum Gasteiger partial charge on any atom is -0.392 e. The van der Waals surface area contributed by atoms with Crippen molar-refractivity contribution < 1.29 is 9.90 Å². The number of piperazine rings is 1. The van der Waals surface area contributed by atoms with Gasteiger partial charge in [-0.05, 0) is 18.4 Å². The molecular weight excluding hydrogens is 302 g/mol. The first-order valence-corrected chi connectivity index (χ1v) is 9.02. The molecule has 5 heteroatoms. The standard InChI is InChI=1S/C19H27N3O2/c1-15(23)21-10-17-9-18(24)11-22(17)19(14-21)12-20(13-19)8-7-16-5-3-2-4-6-16/h2-6,17-18,24H,7-14H2,1H3/t17-,18+/m0/s1. The molecule has 1 amide bonds. The van der Waals surface area contributed by atoms with Crippen molar-refractivity contribution in [2.24, 2.45) is 0 Å². The highest BCUT2D eigenvalue weighted by atomic mass is 16.3. The van der Waals surface area contributed by atoms with Gasteiger partial charge < -0.3 is 10.0 Å². The zero-order valence-electron chi connectivity index (χ0n) is 14.4. The number of fused-ring (bicyclic) bond motifs is 2. The number of benzene rings is 1. The summed E-state index contributed by atoms with van der Waals surface area (Å²) in [5, 5.41) is 10.1. The zero-order valence-corrected chi connectivity index (χ0v) is 14.4. The van der Waals surface area contributed by atoms with E-state index >= 15 is 0 Å². The molecule has 0 unspecified atom stereocenters. The summed E-state index contributed by atoms with van der Waals surface area (Å²) in [6.45, 7) is 7.10. The zero-order chi connectivity index (χ0) is 16.7. The number of nitrogens with zero attached hydrogens (tertiary/aromatic N) is 3. The van der Waals surface area contributed by atoms with Crippen molar-refractivity contribution in [3.05, 3.63) is 35.9 Å². The second-order valence-electron chi connectivity index (χ2n) is 7.77. The van der Waals surface area contributed by atoms with E-state index < -0.39 is 0 Å². The highest BCUT2D eigenvalue weighted by Crippen LogP contribution is 2.38. The summed E-state index contributed by atoms with van der Waals surface area (Å²) in [5.74, 6) is 0.165. The number of likely N-dealkylation sites (tertiary alicyclic amines) is 1. The van der Waals surface area contributed by atoms with Gasteiger partial charge in [-0.3, -0.25) is 14.6 Å². The Bertz CT molecular complexity index is 600. The predicted octanol–water partition coefficient (Wildman–Crippen LogP) is 0.581. The van der Waals surface area contributed by atoms with Crippen molar-refractivity contribution in [2.75, 3.05) is 39.3 Å². The van der Waals surface area contributed by atoms with Crippen LogP contribution >= 0.6 is 0 Å². The Morgan fingerprint density at radius 3 is 2.67 bits per heavy atom. The van der Waals surface area contributed by atoms with Crippen LogP contribution in [0.1, 0.15) is 18.9 Å². The second kappa shape index (κ2) is 6.14. The molecule has 2 atom stereocenters. The number of aliphatic hydroxyl groups excluding tert-OH is 1. The first-order chi connectivity index (χ1) is 11.6. The van der Waals surface area contributed by atoms with Gasteiger partial charge in [-0.15, -0.1) is 0 Å². The Labute approximate surface area is 143 Å². The fraction of sp³-hybridized carbons (Fsp3) is 0.632. The maximum Gasteiger partial charge on any atom is 0.219 e. The lowest BCUT2D eigenvalue weighted by Crippen LogP contribution is -2.78. The molecule has 130 valence electrons. The predicted molar refractivity (Wildman–Crippen MR) is 92.7 cm³/mol. The monoisotopic (exact) mass is 329 g/mol. The minimum absolute atomic E-state index is 0.0583. The maximum atomic E-state index is 11.9. The molecule has 1 spiro atoms. The highest BCUT2D eigenvalue weighted by molar-refractivity contribution is 5.73. The van der Waals surface area contributed by atoms with E-state index in [1.807, 2.05) is 4.90 Å². The lowest BCUT2D eigenvalue weighted by Gasteiger charge is -2.61. The normalized spacial score (nSPS) is 29.5. The molecule has 24 heavy (non-hydrogen) atoms. The average Bonchev–Trinajstić information content (AvgIpc) is 2.92. The van der Waals surface area contributed by atoms with Crippen LogP contribution < -0.4 is 0 Å². The molecule has 3 saturated heterocycles. The van der Waals surface area contributed by atoms with Crippen molar-refractivity contribution in [1.82, 2.24) is 14.7 Å². The molecule has 1 N–H and O–H groups in total. The molecule has 0 radical (unpaired) electrons. The largest absolute Gasteiger partial charge is 0.392 e. The smallest absolute Gasteiger partial charge is 0.219 e.